The molecule has 5 nitrogen and oxygen atoms in total. The van der Waals surface area contributed by atoms with Crippen molar-refractivity contribution < 1.29 is 12.8 Å². The van der Waals surface area contributed by atoms with Crippen LogP contribution in [0.5, 0.6) is 0 Å². The molecular weight excluding hydrogens is 252 g/mol. The maximum absolute atomic E-state index is 11.8. The zero-order chi connectivity index (χ0) is 13.3. The monoisotopic (exact) mass is 272 g/mol. The SMILES string of the molecule is CCC1CC1NCc1ccc(S(=O)(=O)N(C)C)o1. The van der Waals surface area contributed by atoms with E-state index < -0.39 is 10.0 Å². The predicted octanol–water partition coefficient (Wildman–Crippen LogP) is 1.42. The molecule has 6 heteroatoms. The number of nitrogens with zero attached hydrogens (tertiary/aromatic N) is 1. The molecule has 0 amide bonds. The molecule has 1 aromatic heterocycles. The summed E-state index contributed by atoms with van der Waals surface area (Å²) < 4.78 is 30.1. The van der Waals surface area contributed by atoms with Gasteiger partial charge in [-0.1, -0.05) is 13.3 Å². The largest absolute Gasteiger partial charge is 0.447 e. The van der Waals surface area contributed by atoms with E-state index in [4.69, 9.17) is 4.42 Å². The van der Waals surface area contributed by atoms with Gasteiger partial charge in [-0.05, 0) is 24.5 Å². The molecule has 1 saturated carbocycles. The molecule has 1 aliphatic rings. The van der Waals surface area contributed by atoms with E-state index in [1.807, 2.05) is 0 Å². The molecule has 1 heterocycles. The van der Waals surface area contributed by atoms with Gasteiger partial charge in [-0.15, -0.1) is 0 Å². The van der Waals surface area contributed by atoms with Crippen LogP contribution >= 0.6 is 0 Å². The summed E-state index contributed by atoms with van der Waals surface area (Å²) in [5, 5.41) is 3.37. The lowest BCUT2D eigenvalue weighted by Crippen LogP contribution is -2.21. The van der Waals surface area contributed by atoms with Crippen molar-refractivity contribution in [3.8, 4) is 0 Å². The lowest BCUT2D eigenvalue weighted by Gasteiger charge is -2.07. The Labute approximate surface area is 108 Å². The number of hydrogen-bond acceptors (Lipinski definition) is 4. The molecule has 2 rings (SSSR count). The highest BCUT2D eigenvalue weighted by Gasteiger charge is 2.34. The lowest BCUT2D eigenvalue weighted by molar-refractivity contribution is 0.387. The minimum atomic E-state index is -3.46. The summed E-state index contributed by atoms with van der Waals surface area (Å²) in [5.74, 6) is 1.43. The van der Waals surface area contributed by atoms with E-state index in [1.165, 1.54) is 33.0 Å². The van der Waals surface area contributed by atoms with Gasteiger partial charge in [0.05, 0.1) is 6.54 Å². The Hall–Kier alpha value is -0.850. The van der Waals surface area contributed by atoms with Crippen LogP contribution in [0.3, 0.4) is 0 Å². The molecule has 18 heavy (non-hydrogen) atoms. The van der Waals surface area contributed by atoms with Crippen LogP contribution in [0.15, 0.2) is 21.6 Å². The molecule has 1 N–H and O–H groups in total. The smallest absolute Gasteiger partial charge is 0.275 e. The summed E-state index contributed by atoms with van der Waals surface area (Å²) in [4.78, 5) is 0. The molecular formula is C12H20N2O3S. The summed E-state index contributed by atoms with van der Waals surface area (Å²) in [6.07, 6.45) is 2.40. The Morgan fingerprint density at radius 2 is 2.17 bits per heavy atom. The predicted molar refractivity (Wildman–Crippen MR) is 68.6 cm³/mol. The van der Waals surface area contributed by atoms with Crippen LogP contribution in [-0.4, -0.2) is 32.9 Å². The summed E-state index contributed by atoms with van der Waals surface area (Å²) in [5.41, 5.74) is 0. The van der Waals surface area contributed by atoms with Crippen LogP contribution in [-0.2, 0) is 16.6 Å². The fourth-order valence-corrected chi connectivity index (χ4v) is 2.76. The van der Waals surface area contributed by atoms with E-state index in [9.17, 15) is 8.42 Å². The van der Waals surface area contributed by atoms with Crippen molar-refractivity contribution in [1.82, 2.24) is 9.62 Å². The second-order valence-corrected chi connectivity index (χ2v) is 6.98. The van der Waals surface area contributed by atoms with Gasteiger partial charge in [0, 0.05) is 20.1 Å². The molecule has 0 bridgehead atoms. The zero-order valence-corrected chi connectivity index (χ0v) is 11.8. The summed E-state index contributed by atoms with van der Waals surface area (Å²) in [6, 6.07) is 3.79. The Morgan fingerprint density at radius 1 is 1.44 bits per heavy atom. The number of nitrogens with one attached hydrogen (secondary N) is 1. The second-order valence-electron chi connectivity index (χ2n) is 4.90. The van der Waals surface area contributed by atoms with Gasteiger partial charge in [-0.3, -0.25) is 0 Å². The Bertz CT molecular complexity index is 507. The van der Waals surface area contributed by atoms with E-state index in [2.05, 4.69) is 12.2 Å². The molecule has 0 spiro atoms. The van der Waals surface area contributed by atoms with Gasteiger partial charge in [0.2, 0.25) is 5.09 Å². The first-order valence-electron chi connectivity index (χ1n) is 6.19. The topological polar surface area (TPSA) is 62.6 Å². The van der Waals surface area contributed by atoms with Gasteiger partial charge in [0.25, 0.3) is 10.0 Å². The molecule has 0 radical (unpaired) electrons. The molecule has 1 aromatic rings. The second kappa shape index (κ2) is 5.03. The lowest BCUT2D eigenvalue weighted by atomic mass is 10.3. The van der Waals surface area contributed by atoms with E-state index in [0.29, 0.717) is 18.3 Å². The molecule has 1 aliphatic carbocycles. The molecule has 102 valence electrons. The average molecular weight is 272 g/mol. The minimum Gasteiger partial charge on any atom is -0.447 e. The van der Waals surface area contributed by atoms with Crippen molar-refractivity contribution in [3.63, 3.8) is 0 Å². The van der Waals surface area contributed by atoms with Crippen LogP contribution in [0.2, 0.25) is 0 Å². The minimum absolute atomic E-state index is 0.00661. The molecule has 1 fully saturated rings. The quantitative estimate of drug-likeness (QED) is 0.850. The van der Waals surface area contributed by atoms with E-state index in [0.717, 1.165) is 10.2 Å². The molecule has 0 aromatic carbocycles. The number of hydrogen-bond donors (Lipinski definition) is 1. The van der Waals surface area contributed by atoms with Gasteiger partial charge in [-0.2, -0.15) is 0 Å². The van der Waals surface area contributed by atoms with Gasteiger partial charge in [0.15, 0.2) is 0 Å². The maximum Gasteiger partial charge on any atom is 0.275 e. The van der Waals surface area contributed by atoms with Crippen molar-refractivity contribution in [2.45, 2.75) is 37.4 Å². The van der Waals surface area contributed by atoms with Gasteiger partial charge < -0.3 is 9.73 Å². The van der Waals surface area contributed by atoms with Gasteiger partial charge in [0.1, 0.15) is 5.76 Å². The third-order valence-corrected chi connectivity index (χ3v) is 5.05. The fraction of sp³-hybridized carbons (Fsp3) is 0.667. The first-order chi connectivity index (χ1) is 8.45. The Kier molecular flexibility index (Phi) is 3.79. The number of furan rings is 1. The van der Waals surface area contributed by atoms with Crippen LogP contribution in [0.25, 0.3) is 0 Å². The standard InChI is InChI=1S/C12H20N2O3S/c1-4-9-7-11(9)13-8-10-5-6-12(17-10)18(15,16)14(2)3/h5-6,9,11,13H,4,7-8H2,1-3H3. The molecule has 0 saturated heterocycles. The van der Waals surface area contributed by atoms with E-state index in [-0.39, 0.29) is 5.09 Å². The van der Waals surface area contributed by atoms with Crippen molar-refractivity contribution in [3.05, 3.63) is 17.9 Å². The first-order valence-corrected chi connectivity index (χ1v) is 7.63. The van der Waals surface area contributed by atoms with Crippen molar-refractivity contribution >= 4 is 10.0 Å². The van der Waals surface area contributed by atoms with Gasteiger partial charge >= 0.3 is 0 Å². The highest BCUT2D eigenvalue weighted by atomic mass is 32.2. The Morgan fingerprint density at radius 3 is 2.72 bits per heavy atom. The average Bonchev–Trinajstić information content (AvgIpc) is 2.92. The van der Waals surface area contributed by atoms with Gasteiger partial charge in [-0.25, -0.2) is 12.7 Å². The fourth-order valence-electron chi connectivity index (χ4n) is 1.95. The van der Waals surface area contributed by atoms with Crippen LogP contribution in [0.1, 0.15) is 25.5 Å². The molecule has 2 unspecified atom stereocenters. The Balaban J connectivity index is 1.95. The highest BCUT2D eigenvalue weighted by molar-refractivity contribution is 7.88. The summed E-state index contributed by atoms with van der Waals surface area (Å²) in [7, 11) is -0.472. The van der Waals surface area contributed by atoms with Crippen LogP contribution < -0.4 is 5.32 Å². The van der Waals surface area contributed by atoms with E-state index >= 15 is 0 Å². The van der Waals surface area contributed by atoms with Crippen molar-refractivity contribution in [1.29, 1.82) is 0 Å². The maximum atomic E-state index is 11.8. The molecule has 0 aliphatic heterocycles. The normalized spacial score (nSPS) is 23.6. The first kappa shape index (κ1) is 13.6. The summed E-state index contributed by atoms with van der Waals surface area (Å²) in [6.45, 7) is 2.77. The zero-order valence-electron chi connectivity index (χ0n) is 11.0. The highest BCUT2D eigenvalue weighted by Crippen LogP contribution is 2.33. The third-order valence-electron chi connectivity index (χ3n) is 3.36. The van der Waals surface area contributed by atoms with Crippen LogP contribution in [0.4, 0.5) is 0 Å². The van der Waals surface area contributed by atoms with Crippen LogP contribution in [0, 0.1) is 5.92 Å². The summed E-state index contributed by atoms with van der Waals surface area (Å²) >= 11 is 0. The van der Waals surface area contributed by atoms with Crippen molar-refractivity contribution in [2.75, 3.05) is 14.1 Å². The molecule has 2 atom stereocenters. The number of rotatable bonds is 6. The number of sulfonamides is 1. The van der Waals surface area contributed by atoms with Crippen molar-refractivity contribution in [2.24, 2.45) is 5.92 Å². The third kappa shape index (κ3) is 2.76. The van der Waals surface area contributed by atoms with E-state index in [1.54, 1.807) is 6.07 Å².